The van der Waals surface area contributed by atoms with Crippen LogP contribution in [0.2, 0.25) is 0 Å². The molecule has 1 saturated carbocycles. The van der Waals surface area contributed by atoms with Crippen molar-refractivity contribution in [2.75, 3.05) is 19.8 Å². The summed E-state index contributed by atoms with van der Waals surface area (Å²) >= 11 is 0. The Morgan fingerprint density at radius 3 is 2.77 bits per heavy atom. The first-order valence-corrected chi connectivity index (χ1v) is 11.9. The minimum atomic E-state index is -0.176. The Hall–Kier alpha value is -2.00. The number of ether oxygens (including phenoxy) is 2. The maximum atomic E-state index is 12.7. The van der Waals surface area contributed by atoms with E-state index in [-0.39, 0.29) is 36.2 Å². The van der Waals surface area contributed by atoms with E-state index in [1.165, 1.54) is 32.1 Å². The van der Waals surface area contributed by atoms with Gasteiger partial charge in [-0.3, -0.25) is 14.5 Å². The molecule has 3 fully saturated rings. The molecule has 0 aromatic carbocycles. The first-order valence-electron chi connectivity index (χ1n) is 11.9. The lowest BCUT2D eigenvalue weighted by Gasteiger charge is -2.26. The smallest absolute Gasteiger partial charge is 0.272 e. The number of aromatic nitrogens is 2. The summed E-state index contributed by atoms with van der Waals surface area (Å²) < 4.78 is 14.0. The molecule has 5 unspecified atom stereocenters. The van der Waals surface area contributed by atoms with Crippen molar-refractivity contribution in [1.29, 1.82) is 0 Å². The van der Waals surface area contributed by atoms with E-state index >= 15 is 0 Å². The van der Waals surface area contributed by atoms with E-state index in [1.54, 1.807) is 0 Å². The summed E-state index contributed by atoms with van der Waals surface area (Å²) in [5.74, 6) is 0.623. The summed E-state index contributed by atoms with van der Waals surface area (Å²) in [5, 5.41) is 18.5. The zero-order valence-electron chi connectivity index (χ0n) is 18.6. The summed E-state index contributed by atoms with van der Waals surface area (Å²) in [4.78, 5) is 12.7. The molecule has 1 aromatic rings. The van der Waals surface area contributed by atoms with Crippen molar-refractivity contribution in [2.45, 2.75) is 89.3 Å². The summed E-state index contributed by atoms with van der Waals surface area (Å²) in [6.07, 6.45) is 7.67. The first kappa shape index (κ1) is 20.9. The highest BCUT2D eigenvalue weighted by molar-refractivity contribution is 5.92. The quantitative estimate of drug-likeness (QED) is 0.748. The monoisotopic (exact) mass is 430 g/mol. The summed E-state index contributed by atoms with van der Waals surface area (Å²) in [6.45, 7) is 6.56. The van der Waals surface area contributed by atoms with Crippen LogP contribution in [-0.4, -0.2) is 70.8 Å². The Morgan fingerprint density at radius 1 is 1.19 bits per heavy atom. The molecule has 5 rings (SSSR count). The largest absolute Gasteiger partial charge is 0.371 e. The van der Waals surface area contributed by atoms with Gasteiger partial charge in [0.2, 0.25) is 0 Å². The lowest BCUT2D eigenvalue weighted by atomic mass is 9.85. The lowest BCUT2D eigenvalue weighted by molar-refractivity contribution is 0.0422. The second-order valence-corrected chi connectivity index (χ2v) is 9.45. The van der Waals surface area contributed by atoms with Crippen LogP contribution in [0.15, 0.2) is 16.4 Å². The van der Waals surface area contributed by atoms with Gasteiger partial charge in [0.1, 0.15) is 23.9 Å². The average Bonchev–Trinajstić information content (AvgIpc) is 3.54. The third-order valence-corrected chi connectivity index (χ3v) is 7.30. The number of carbonyl (C=O) groups is 1. The van der Waals surface area contributed by atoms with Crippen molar-refractivity contribution in [2.24, 2.45) is 16.3 Å². The molecule has 5 atom stereocenters. The normalized spacial score (nSPS) is 33.2. The number of nitrogens with zero attached hydrogens (tertiary/aromatic N) is 5. The van der Waals surface area contributed by atoms with Gasteiger partial charge in [0.05, 0.1) is 31.8 Å². The highest BCUT2D eigenvalue weighted by Gasteiger charge is 2.51. The van der Waals surface area contributed by atoms with E-state index in [4.69, 9.17) is 9.47 Å². The van der Waals surface area contributed by atoms with Gasteiger partial charge in [-0.15, -0.1) is 0 Å². The fourth-order valence-corrected chi connectivity index (χ4v) is 5.60. The van der Waals surface area contributed by atoms with Crippen LogP contribution < -0.4 is 5.32 Å². The van der Waals surface area contributed by atoms with Crippen LogP contribution in [0.5, 0.6) is 0 Å². The van der Waals surface area contributed by atoms with E-state index < -0.39 is 0 Å². The Bertz CT molecular complexity index is 820. The summed E-state index contributed by atoms with van der Waals surface area (Å²) in [7, 11) is 0. The van der Waals surface area contributed by atoms with Gasteiger partial charge in [-0.05, 0) is 32.3 Å². The molecule has 4 heterocycles. The summed E-state index contributed by atoms with van der Waals surface area (Å²) in [5.41, 5.74) is 1.42. The van der Waals surface area contributed by atoms with Crippen molar-refractivity contribution in [3.63, 3.8) is 0 Å². The SMILES string of the molecule is CCn1nc(C(=O)NC2COC3C2OCC3N2CC(CC3CCCCC3)N=N2)cc1C. The minimum Gasteiger partial charge on any atom is -0.371 e. The number of rotatable bonds is 6. The molecule has 2 saturated heterocycles. The molecule has 31 heavy (non-hydrogen) atoms. The zero-order chi connectivity index (χ0) is 21.4. The zero-order valence-corrected chi connectivity index (χ0v) is 18.6. The van der Waals surface area contributed by atoms with Crippen LogP contribution >= 0.6 is 0 Å². The minimum absolute atomic E-state index is 0.0635. The van der Waals surface area contributed by atoms with Crippen LogP contribution in [0.4, 0.5) is 0 Å². The second kappa shape index (κ2) is 8.86. The molecule has 0 spiro atoms. The number of amides is 1. The number of nitrogens with one attached hydrogen (secondary N) is 1. The molecule has 170 valence electrons. The van der Waals surface area contributed by atoms with Crippen molar-refractivity contribution < 1.29 is 14.3 Å². The molecule has 9 nitrogen and oxygen atoms in total. The van der Waals surface area contributed by atoms with Crippen LogP contribution in [0.1, 0.15) is 61.6 Å². The van der Waals surface area contributed by atoms with Gasteiger partial charge in [0.15, 0.2) is 0 Å². The molecule has 1 aliphatic carbocycles. The van der Waals surface area contributed by atoms with E-state index in [2.05, 4.69) is 25.8 Å². The molecule has 9 heteroatoms. The number of aryl methyl sites for hydroxylation is 2. The van der Waals surface area contributed by atoms with E-state index in [0.29, 0.717) is 18.9 Å². The maximum Gasteiger partial charge on any atom is 0.272 e. The van der Waals surface area contributed by atoms with E-state index in [0.717, 1.165) is 31.1 Å². The maximum absolute atomic E-state index is 12.7. The van der Waals surface area contributed by atoms with Gasteiger partial charge >= 0.3 is 0 Å². The number of carbonyl (C=O) groups excluding carboxylic acids is 1. The van der Waals surface area contributed by atoms with Crippen LogP contribution in [-0.2, 0) is 16.0 Å². The molecule has 1 N–H and O–H groups in total. The number of fused-ring (bicyclic) bond motifs is 1. The molecule has 0 bridgehead atoms. The standard InChI is InChI=1S/C22H34N6O3/c1-3-27-14(2)9-17(25-27)22(29)23-18-12-30-21-19(13-31-20(18)21)28-11-16(24-26-28)10-15-7-5-4-6-8-15/h9,15-16,18-21H,3-8,10-13H2,1-2H3,(H,23,29). The molecular formula is C22H34N6O3. The fraction of sp³-hybridized carbons (Fsp3) is 0.818. The van der Waals surface area contributed by atoms with E-state index in [1.807, 2.05) is 24.6 Å². The molecule has 0 radical (unpaired) electrons. The molecular weight excluding hydrogens is 396 g/mol. The van der Waals surface area contributed by atoms with Gasteiger partial charge in [-0.2, -0.15) is 10.2 Å². The summed E-state index contributed by atoms with van der Waals surface area (Å²) in [6, 6.07) is 2.00. The Kier molecular flexibility index (Phi) is 5.97. The molecule has 4 aliphatic rings. The van der Waals surface area contributed by atoms with Crippen molar-refractivity contribution >= 4 is 5.91 Å². The van der Waals surface area contributed by atoms with E-state index in [9.17, 15) is 4.79 Å². The third kappa shape index (κ3) is 4.22. The molecule has 3 aliphatic heterocycles. The topological polar surface area (TPSA) is 93.3 Å². The molecule has 1 amide bonds. The highest BCUT2D eigenvalue weighted by atomic mass is 16.6. The van der Waals surface area contributed by atoms with Gasteiger partial charge in [0.25, 0.3) is 5.91 Å². The highest BCUT2D eigenvalue weighted by Crippen LogP contribution is 2.34. The predicted molar refractivity (Wildman–Crippen MR) is 114 cm³/mol. The number of hydrogen-bond donors (Lipinski definition) is 1. The predicted octanol–water partition coefficient (Wildman–Crippen LogP) is 2.50. The Morgan fingerprint density at radius 2 is 2.00 bits per heavy atom. The third-order valence-electron chi connectivity index (χ3n) is 7.30. The number of hydrogen-bond acceptors (Lipinski definition) is 7. The van der Waals surface area contributed by atoms with Gasteiger partial charge in [-0.25, -0.2) is 0 Å². The lowest BCUT2D eigenvalue weighted by Crippen LogP contribution is -2.46. The van der Waals surface area contributed by atoms with Crippen molar-refractivity contribution in [3.05, 3.63) is 17.5 Å². The first-order chi connectivity index (χ1) is 15.1. The second-order valence-electron chi connectivity index (χ2n) is 9.45. The van der Waals surface area contributed by atoms with Crippen molar-refractivity contribution in [3.8, 4) is 0 Å². The van der Waals surface area contributed by atoms with Gasteiger partial charge in [0, 0.05) is 12.2 Å². The molecule has 1 aromatic heterocycles. The fourth-order valence-electron chi connectivity index (χ4n) is 5.60. The van der Waals surface area contributed by atoms with Gasteiger partial charge in [-0.1, -0.05) is 37.3 Å². The van der Waals surface area contributed by atoms with Crippen LogP contribution in [0, 0.1) is 12.8 Å². The Balaban J connectivity index is 1.15. The van der Waals surface area contributed by atoms with Crippen LogP contribution in [0.25, 0.3) is 0 Å². The Labute approximate surface area is 183 Å². The van der Waals surface area contributed by atoms with Crippen LogP contribution in [0.3, 0.4) is 0 Å². The van der Waals surface area contributed by atoms with Crippen molar-refractivity contribution in [1.82, 2.24) is 20.1 Å². The average molecular weight is 431 g/mol. The van der Waals surface area contributed by atoms with Gasteiger partial charge < -0.3 is 14.8 Å².